The van der Waals surface area contributed by atoms with Crippen molar-refractivity contribution < 1.29 is 22.5 Å². The van der Waals surface area contributed by atoms with Crippen LogP contribution in [0, 0.1) is 20.8 Å². The van der Waals surface area contributed by atoms with Gasteiger partial charge in [-0.2, -0.15) is 8.42 Å². The second-order valence-electron chi connectivity index (χ2n) is 8.23. The van der Waals surface area contributed by atoms with Crippen LogP contribution in [0.25, 0.3) is 0 Å². The molecule has 168 valence electrons. The van der Waals surface area contributed by atoms with Gasteiger partial charge in [0.25, 0.3) is 15.7 Å². The quantitative estimate of drug-likeness (QED) is 0.578. The Bertz CT molecular complexity index is 1160. The first kappa shape index (κ1) is 23.2. The predicted molar refractivity (Wildman–Crippen MR) is 116 cm³/mol. The van der Waals surface area contributed by atoms with E-state index in [1.165, 1.54) is 19.1 Å². The molecule has 1 aromatic carbocycles. The number of hydrogen-bond donors (Lipinski definition) is 3. The predicted octanol–water partition coefficient (Wildman–Crippen LogP) is 2.00. The second kappa shape index (κ2) is 8.94. The first-order chi connectivity index (χ1) is 14.5. The fraction of sp³-hybridized carbons (Fsp3) is 0.455. The summed E-state index contributed by atoms with van der Waals surface area (Å²) in [5.74, 6) is -0.758. The molecule has 0 spiro atoms. The van der Waals surface area contributed by atoms with Crippen molar-refractivity contribution in [3.8, 4) is 0 Å². The van der Waals surface area contributed by atoms with Gasteiger partial charge in [0.05, 0.1) is 17.1 Å². The van der Waals surface area contributed by atoms with Crippen LogP contribution >= 0.6 is 0 Å². The molecule has 1 heterocycles. The molecule has 1 aromatic heterocycles. The number of carbonyl (C=O) groups excluding carboxylic acids is 1. The van der Waals surface area contributed by atoms with Crippen molar-refractivity contribution in [3.63, 3.8) is 0 Å². The number of aliphatic hydroxyl groups excluding tert-OH is 1. The number of hydrogen-bond acceptors (Lipinski definition) is 6. The SMILES string of the molecule is Cc1cc(C)c(Cc2cc(C(N)=O)c(C)c(S(=O)(=O)OC3CCC(O)CC3)c2)c(=O)[nH]1. The highest BCUT2D eigenvalue weighted by Gasteiger charge is 2.29. The number of carbonyl (C=O) groups is 1. The number of nitrogens with two attached hydrogens (primary N) is 1. The van der Waals surface area contributed by atoms with Crippen LogP contribution in [0.4, 0.5) is 0 Å². The Morgan fingerprint density at radius 2 is 1.81 bits per heavy atom. The molecule has 0 aliphatic heterocycles. The van der Waals surface area contributed by atoms with E-state index in [0.29, 0.717) is 36.8 Å². The second-order valence-corrected chi connectivity index (χ2v) is 9.77. The van der Waals surface area contributed by atoms with Crippen LogP contribution in [0.15, 0.2) is 27.9 Å². The standard InChI is InChI=1S/C22H28N2O6S/c1-12-8-13(2)24-22(27)18(12)9-15-10-19(21(23)26)14(3)20(11-15)31(28,29)30-17-6-4-16(25)5-7-17/h8,10-11,16-17,25H,4-7,9H2,1-3H3,(H2,23,26)(H,24,27). The van der Waals surface area contributed by atoms with E-state index in [-0.39, 0.29) is 28.0 Å². The molecular weight excluding hydrogens is 420 g/mol. The lowest BCUT2D eigenvalue weighted by atomic mass is 9.95. The van der Waals surface area contributed by atoms with Gasteiger partial charge in [-0.25, -0.2) is 0 Å². The zero-order valence-corrected chi connectivity index (χ0v) is 18.7. The van der Waals surface area contributed by atoms with E-state index in [1.807, 2.05) is 6.07 Å². The van der Waals surface area contributed by atoms with E-state index in [9.17, 15) is 23.1 Å². The summed E-state index contributed by atoms with van der Waals surface area (Å²) >= 11 is 0. The third-order valence-corrected chi connectivity index (χ3v) is 7.22. The summed E-state index contributed by atoms with van der Waals surface area (Å²) in [7, 11) is -4.18. The average Bonchev–Trinajstić information content (AvgIpc) is 2.67. The number of benzene rings is 1. The van der Waals surface area contributed by atoms with Gasteiger partial charge in [-0.3, -0.25) is 13.8 Å². The number of aliphatic hydroxyl groups is 1. The fourth-order valence-electron chi connectivity index (χ4n) is 4.04. The van der Waals surface area contributed by atoms with E-state index in [4.69, 9.17) is 9.92 Å². The molecule has 31 heavy (non-hydrogen) atoms. The summed E-state index contributed by atoms with van der Waals surface area (Å²) in [5, 5.41) is 9.64. The fourth-order valence-corrected chi connectivity index (χ4v) is 5.48. The summed E-state index contributed by atoms with van der Waals surface area (Å²) in [4.78, 5) is 27.0. The highest BCUT2D eigenvalue weighted by molar-refractivity contribution is 7.86. The summed E-state index contributed by atoms with van der Waals surface area (Å²) in [5.41, 5.74) is 7.96. The molecule has 2 aromatic rings. The van der Waals surface area contributed by atoms with Crippen LogP contribution in [-0.2, 0) is 20.7 Å². The van der Waals surface area contributed by atoms with Crippen LogP contribution in [0.5, 0.6) is 0 Å². The third kappa shape index (κ3) is 5.23. The number of amides is 1. The Morgan fingerprint density at radius 1 is 1.16 bits per heavy atom. The van der Waals surface area contributed by atoms with Gasteiger partial charge in [-0.05, 0) is 81.3 Å². The Hall–Kier alpha value is -2.49. The van der Waals surface area contributed by atoms with Crippen molar-refractivity contribution in [1.29, 1.82) is 0 Å². The van der Waals surface area contributed by atoms with Crippen molar-refractivity contribution in [1.82, 2.24) is 4.98 Å². The van der Waals surface area contributed by atoms with Crippen molar-refractivity contribution in [2.45, 2.75) is 70.0 Å². The Morgan fingerprint density at radius 3 is 2.39 bits per heavy atom. The minimum absolute atomic E-state index is 0.0694. The van der Waals surface area contributed by atoms with Gasteiger partial charge < -0.3 is 15.8 Å². The molecule has 8 nitrogen and oxygen atoms in total. The van der Waals surface area contributed by atoms with E-state index < -0.39 is 28.2 Å². The number of aromatic nitrogens is 1. The van der Waals surface area contributed by atoms with Crippen LogP contribution in [0.3, 0.4) is 0 Å². The molecule has 1 saturated carbocycles. The summed E-state index contributed by atoms with van der Waals surface area (Å²) in [6, 6.07) is 4.79. The maximum atomic E-state index is 13.1. The summed E-state index contributed by atoms with van der Waals surface area (Å²) in [6.45, 7) is 5.09. The highest BCUT2D eigenvalue weighted by atomic mass is 32.2. The molecule has 0 saturated heterocycles. The first-order valence-corrected chi connectivity index (χ1v) is 11.6. The molecule has 0 radical (unpaired) electrons. The van der Waals surface area contributed by atoms with Gasteiger partial charge >= 0.3 is 0 Å². The minimum atomic E-state index is -4.18. The number of nitrogens with one attached hydrogen (secondary N) is 1. The minimum Gasteiger partial charge on any atom is -0.393 e. The molecule has 1 amide bonds. The van der Waals surface area contributed by atoms with Gasteiger partial charge in [0.1, 0.15) is 0 Å². The number of rotatable bonds is 6. The maximum Gasteiger partial charge on any atom is 0.297 e. The van der Waals surface area contributed by atoms with Gasteiger partial charge in [0.15, 0.2) is 0 Å². The number of H-pyrrole nitrogens is 1. The lowest BCUT2D eigenvalue weighted by molar-refractivity contribution is 0.0695. The molecule has 9 heteroatoms. The van der Waals surface area contributed by atoms with Crippen molar-refractivity contribution >= 4 is 16.0 Å². The molecule has 1 aliphatic carbocycles. The number of pyridine rings is 1. The van der Waals surface area contributed by atoms with Crippen LogP contribution in [-0.4, -0.2) is 36.6 Å². The zero-order valence-electron chi connectivity index (χ0n) is 17.9. The maximum absolute atomic E-state index is 13.1. The average molecular weight is 449 g/mol. The smallest absolute Gasteiger partial charge is 0.297 e. The summed E-state index contributed by atoms with van der Waals surface area (Å²) in [6.07, 6.45) is 0.975. The molecule has 0 atom stereocenters. The van der Waals surface area contributed by atoms with E-state index >= 15 is 0 Å². The van der Waals surface area contributed by atoms with Gasteiger partial charge in [-0.15, -0.1) is 0 Å². The number of aromatic amines is 1. The monoisotopic (exact) mass is 448 g/mol. The van der Waals surface area contributed by atoms with Crippen molar-refractivity contribution in [2.24, 2.45) is 5.73 Å². The highest BCUT2D eigenvalue weighted by Crippen LogP contribution is 2.29. The largest absolute Gasteiger partial charge is 0.393 e. The van der Waals surface area contributed by atoms with Gasteiger partial charge in [0, 0.05) is 23.2 Å². The third-order valence-electron chi connectivity index (χ3n) is 5.74. The molecule has 1 fully saturated rings. The van der Waals surface area contributed by atoms with E-state index in [2.05, 4.69) is 4.98 Å². The Labute approximate surface area is 181 Å². The van der Waals surface area contributed by atoms with Crippen LogP contribution in [0.2, 0.25) is 0 Å². The lowest BCUT2D eigenvalue weighted by Gasteiger charge is -2.25. The topological polar surface area (TPSA) is 140 Å². The normalized spacial score (nSPS) is 19.4. The van der Waals surface area contributed by atoms with Gasteiger partial charge in [0.2, 0.25) is 5.91 Å². The molecule has 0 unspecified atom stereocenters. The zero-order chi connectivity index (χ0) is 22.9. The molecule has 0 bridgehead atoms. The van der Waals surface area contributed by atoms with E-state index in [1.54, 1.807) is 13.8 Å². The Kier molecular flexibility index (Phi) is 6.68. The van der Waals surface area contributed by atoms with Crippen LogP contribution in [0.1, 0.15) is 64.0 Å². The lowest BCUT2D eigenvalue weighted by Crippen LogP contribution is -2.27. The number of primary amides is 1. The first-order valence-electron chi connectivity index (χ1n) is 10.2. The van der Waals surface area contributed by atoms with Crippen molar-refractivity contribution in [3.05, 3.63) is 62.1 Å². The van der Waals surface area contributed by atoms with Crippen molar-refractivity contribution in [2.75, 3.05) is 0 Å². The number of aryl methyl sites for hydroxylation is 2. The molecular formula is C22H28N2O6S. The molecule has 4 N–H and O–H groups in total. The molecule has 1 aliphatic rings. The van der Waals surface area contributed by atoms with Gasteiger partial charge in [-0.1, -0.05) is 0 Å². The van der Waals surface area contributed by atoms with Crippen LogP contribution < -0.4 is 11.3 Å². The summed E-state index contributed by atoms with van der Waals surface area (Å²) < 4.78 is 31.6. The Balaban J connectivity index is 2.02. The van der Waals surface area contributed by atoms with E-state index in [0.717, 1.165) is 11.3 Å². The molecule has 3 rings (SSSR count).